The van der Waals surface area contributed by atoms with Crippen molar-refractivity contribution in [2.24, 2.45) is 0 Å². The molecule has 1 N–H and O–H groups in total. The summed E-state index contributed by atoms with van der Waals surface area (Å²) in [5, 5.41) is 3.60. The van der Waals surface area contributed by atoms with E-state index in [2.05, 4.69) is 37.4 Å². The van der Waals surface area contributed by atoms with Crippen molar-refractivity contribution in [3.05, 3.63) is 34.9 Å². The van der Waals surface area contributed by atoms with E-state index in [0.717, 1.165) is 12.5 Å². The molecule has 20 heavy (non-hydrogen) atoms. The minimum absolute atomic E-state index is 0.874. The van der Waals surface area contributed by atoms with Crippen LogP contribution in [0.25, 0.3) is 0 Å². The largest absolute Gasteiger partial charge is 0.314 e. The van der Waals surface area contributed by atoms with Gasteiger partial charge in [-0.05, 0) is 68.2 Å². The molecule has 1 fully saturated rings. The Morgan fingerprint density at radius 3 is 2.45 bits per heavy atom. The van der Waals surface area contributed by atoms with Crippen molar-refractivity contribution in [2.75, 3.05) is 6.54 Å². The highest BCUT2D eigenvalue weighted by Crippen LogP contribution is 2.19. The number of hydrogen-bond donors (Lipinski definition) is 1. The molecule has 112 valence electrons. The van der Waals surface area contributed by atoms with E-state index in [0.29, 0.717) is 0 Å². The van der Waals surface area contributed by atoms with Crippen molar-refractivity contribution in [3.8, 4) is 0 Å². The second kappa shape index (κ2) is 8.46. The second-order valence-electron chi connectivity index (χ2n) is 6.20. The molecule has 0 radical (unpaired) electrons. The average Bonchev–Trinajstić information content (AvgIpc) is 3.30. The van der Waals surface area contributed by atoms with Crippen molar-refractivity contribution >= 4 is 0 Å². The van der Waals surface area contributed by atoms with Crippen LogP contribution in [0.4, 0.5) is 0 Å². The molecule has 1 nitrogen and oxygen atoms in total. The van der Waals surface area contributed by atoms with E-state index in [1.807, 2.05) is 0 Å². The van der Waals surface area contributed by atoms with Crippen molar-refractivity contribution < 1.29 is 0 Å². The first-order valence-electron chi connectivity index (χ1n) is 8.67. The summed E-state index contributed by atoms with van der Waals surface area (Å²) in [5.74, 6) is 0. The van der Waals surface area contributed by atoms with Crippen LogP contribution in [0.3, 0.4) is 0 Å². The van der Waals surface area contributed by atoms with Crippen molar-refractivity contribution in [3.63, 3.8) is 0 Å². The van der Waals surface area contributed by atoms with Crippen LogP contribution in [0.2, 0.25) is 0 Å². The lowest BCUT2D eigenvalue weighted by Crippen LogP contribution is -2.17. The van der Waals surface area contributed by atoms with Crippen molar-refractivity contribution in [1.29, 1.82) is 0 Å². The van der Waals surface area contributed by atoms with E-state index in [-0.39, 0.29) is 0 Å². The normalized spacial score (nSPS) is 14.7. The van der Waals surface area contributed by atoms with Gasteiger partial charge >= 0.3 is 0 Å². The van der Waals surface area contributed by atoms with Gasteiger partial charge in [0.2, 0.25) is 0 Å². The number of hydrogen-bond acceptors (Lipinski definition) is 1. The molecule has 0 aliphatic heterocycles. The van der Waals surface area contributed by atoms with Gasteiger partial charge in [-0.3, -0.25) is 0 Å². The molecule has 1 aromatic rings. The highest BCUT2D eigenvalue weighted by atomic mass is 14.9. The number of benzene rings is 1. The molecule has 0 aromatic heterocycles. The molecule has 0 heterocycles. The minimum Gasteiger partial charge on any atom is -0.314 e. The van der Waals surface area contributed by atoms with Crippen LogP contribution in [-0.2, 0) is 19.3 Å². The Morgan fingerprint density at radius 2 is 1.75 bits per heavy atom. The fourth-order valence-corrected chi connectivity index (χ4v) is 2.86. The van der Waals surface area contributed by atoms with E-state index < -0.39 is 0 Å². The van der Waals surface area contributed by atoms with Gasteiger partial charge in [0.1, 0.15) is 0 Å². The summed E-state index contributed by atoms with van der Waals surface area (Å²) in [6.07, 6.45) is 11.9. The van der Waals surface area contributed by atoms with Crippen LogP contribution in [0, 0.1) is 0 Å². The molecule has 0 spiro atoms. The summed E-state index contributed by atoms with van der Waals surface area (Å²) in [7, 11) is 0. The summed E-state index contributed by atoms with van der Waals surface area (Å²) in [4.78, 5) is 0. The number of aryl methyl sites for hydroxylation is 3. The van der Waals surface area contributed by atoms with Gasteiger partial charge in [0.05, 0.1) is 0 Å². The first-order valence-corrected chi connectivity index (χ1v) is 8.67. The maximum absolute atomic E-state index is 3.60. The fourth-order valence-electron chi connectivity index (χ4n) is 2.86. The van der Waals surface area contributed by atoms with Crippen LogP contribution in [-0.4, -0.2) is 12.6 Å². The molecule has 0 amide bonds. The summed E-state index contributed by atoms with van der Waals surface area (Å²) < 4.78 is 0. The Hall–Kier alpha value is -0.820. The van der Waals surface area contributed by atoms with Gasteiger partial charge in [0.25, 0.3) is 0 Å². The van der Waals surface area contributed by atoms with Crippen LogP contribution >= 0.6 is 0 Å². The minimum atomic E-state index is 0.874. The quantitative estimate of drug-likeness (QED) is 0.611. The molecule has 2 rings (SSSR count). The highest BCUT2D eigenvalue weighted by Gasteiger charge is 2.19. The van der Waals surface area contributed by atoms with Crippen LogP contribution < -0.4 is 5.32 Å². The number of unbranched alkanes of at least 4 members (excludes halogenated alkanes) is 3. The average molecular weight is 273 g/mol. The maximum atomic E-state index is 3.60. The Balaban J connectivity index is 1.64. The third-order valence-corrected chi connectivity index (χ3v) is 4.44. The van der Waals surface area contributed by atoms with Gasteiger partial charge in [-0.1, -0.05) is 44.9 Å². The van der Waals surface area contributed by atoms with Gasteiger partial charge in [0.15, 0.2) is 0 Å². The topological polar surface area (TPSA) is 12.0 Å². The lowest BCUT2D eigenvalue weighted by Gasteiger charge is -2.10. The molecule has 1 aliphatic rings. The zero-order chi connectivity index (χ0) is 14.2. The van der Waals surface area contributed by atoms with Gasteiger partial charge in [0, 0.05) is 6.04 Å². The van der Waals surface area contributed by atoms with Crippen LogP contribution in [0.15, 0.2) is 18.2 Å². The molecule has 1 heteroatoms. The third kappa shape index (κ3) is 5.28. The summed E-state index contributed by atoms with van der Waals surface area (Å²) in [5.41, 5.74) is 4.64. The van der Waals surface area contributed by atoms with Crippen molar-refractivity contribution in [1.82, 2.24) is 5.32 Å². The predicted molar refractivity (Wildman–Crippen MR) is 88.4 cm³/mol. The maximum Gasteiger partial charge on any atom is 0.00682 e. The fraction of sp³-hybridized carbons (Fsp3) is 0.684. The molecule has 1 aromatic carbocycles. The van der Waals surface area contributed by atoms with Gasteiger partial charge in [-0.2, -0.15) is 0 Å². The first-order chi connectivity index (χ1) is 9.83. The Bertz CT molecular complexity index is 393. The molecular weight excluding hydrogens is 242 g/mol. The van der Waals surface area contributed by atoms with Crippen LogP contribution in [0.5, 0.6) is 0 Å². The van der Waals surface area contributed by atoms with Gasteiger partial charge in [-0.15, -0.1) is 0 Å². The van der Waals surface area contributed by atoms with Gasteiger partial charge in [-0.25, -0.2) is 0 Å². The molecular formula is C19H31N. The molecule has 1 saturated carbocycles. The second-order valence-corrected chi connectivity index (χ2v) is 6.20. The lowest BCUT2D eigenvalue weighted by molar-refractivity contribution is 0.585. The molecule has 1 aliphatic carbocycles. The third-order valence-electron chi connectivity index (χ3n) is 4.44. The molecule has 0 saturated heterocycles. The monoisotopic (exact) mass is 273 g/mol. The van der Waals surface area contributed by atoms with E-state index in [4.69, 9.17) is 0 Å². The SMILES string of the molecule is CCc1ccc(CC)c(CCCCCCNC2CC2)c1. The number of nitrogens with one attached hydrogen (secondary N) is 1. The summed E-state index contributed by atoms with van der Waals surface area (Å²) in [6, 6.07) is 7.95. The molecule has 0 unspecified atom stereocenters. The Labute approximate surface area is 125 Å². The Morgan fingerprint density at radius 1 is 0.950 bits per heavy atom. The molecule has 0 bridgehead atoms. The summed E-state index contributed by atoms with van der Waals surface area (Å²) in [6.45, 7) is 5.75. The van der Waals surface area contributed by atoms with E-state index >= 15 is 0 Å². The Kier molecular flexibility index (Phi) is 6.59. The molecule has 0 atom stereocenters. The zero-order valence-corrected chi connectivity index (χ0v) is 13.4. The standard InChI is InChI=1S/C19H31N/c1-3-16-10-11-17(4-2)18(15-16)9-7-5-6-8-14-20-19-12-13-19/h10-11,15,19-20H,3-9,12-14H2,1-2H3. The van der Waals surface area contributed by atoms with E-state index in [1.54, 1.807) is 11.1 Å². The first kappa shape index (κ1) is 15.6. The highest BCUT2D eigenvalue weighted by molar-refractivity contribution is 5.32. The summed E-state index contributed by atoms with van der Waals surface area (Å²) >= 11 is 0. The van der Waals surface area contributed by atoms with E-state index in [1.165, 1.54) is 63.5 Å². The zero-order valence-electron chi connectivity index (χ0n) is 13.4. The van der Waals surface area contributed by atoms with Crippen LogP contribution in [0.1, 0.15) is 69.1 Å². The van der Waals surface area contributed by atoms with Gasteiger partial charge < -0.3 is 5.32 Å². The predicted octanol–water partition coefficient (Wildman–Crippen LogP) is 4.67. The van der Waals surface area contributed by atoms with E-state index in [9.17, 15) is 0 Å². The lowest BCUT2D eigenvalue weighted by atomic mass is 9.96. The number of rotatable bonds is 10. The van der Waals surface area contributed by atoms with Crippen molar-refractivity contribution in [2.45, 2.75) is 77.7 Å². The smallest absolute Gasteiger partial charge is 0.00682 e.